The lowest BCUT2D eigenvalue weighted by atomic mass is 9.96. The van der Waals surface area contributed by atoms with Gasteiger partial charge in [-0.25, -0.2) is 9.79 Å². The van der Waals surface area contributed by atoms with E-state index in [2.05, 4.69) is 4.99 Å². The summed E-state index contributed by atoms with van der Waals surface area (Å²) in [6.07, 6.45) is 1.63. The highest BCUT2D eigenvalue weighted by molar-refractivity contribution is 7.07. The maximum Gasteiger partial charge on any atom is 0.338 e. The standard InChI is InChI=1S/C28H21Cl3N2O5S/c1-15-24(27(35)37-12-11-36-2)25(18-5-3-4-6-20(18)30)33-26(34)23(39-28(33)32-15)14-17-8-10-22(38-17)19-13-16(29)7-9-21(19)31/h3-10,13-14,25H,11-12H2,1-2H3/b23-14-. The van der Waals surface area contributed by atoms with Gasteiger partial charge in [-0.2, -0.15) is 0 Å². The summed E-state index contributed by atoms with van der Waals surface area (Å²) in [6.45, 7) is 2.00. The average Bonchev–Trinajstić information content (AvgIpc) is 3.49. The van der Waals surface area contributed by atoms with Crippen LogP contribution >= 0.6 is 46.1 Å². The van der Waals surface area contributed by atoms with E-state index in [4.69, 9.17) is 48.7 Å². The largest absolute Gasteiger partial charge is 0.460 e. The van der Waals surface area contributed by atoms with E-state index >= 15 is 0 Å². The lowest BCUT2D eigenvalue weighted by molar-refractivity contribution is -0.140. The van der Waals surface area contributed by atoms with Crippen molar-refractivity contribution >= 4 is 58.2 Å². The first-order valence-electron chi connectivity index (χ1n) is 11.8. The molecule has 1 unspecified atom stereocenters. The Labute approximate surface area is 242 Å². The minimum atomic E-state index is -0.829. The van der Waals surface area contributed by atoms with Crippen LogP contribution in [0.25, 0.3) is 17.4 Å². The predicted molar refractivity (Wildman–Crippen MR) is 152 cm³/mol. The van der Waals surface area contributed by atoms with E-state index in [-0.39, 0.29) is 24.3 Å². The van der Waals surface area contributed by atoms with Crippen LogP contribution in [0.3, 0.4) is 0 Å². The van der Waals surface area contributed by atoms with Crippen LogP contribution in [0.2, 0.25) is 15.1 Å². The Morgan fingerprint density at radius 1 is 1.10 bits per heavy atom. The maximum absolute atomic E-state index is 13.8. The molecule has 2 aromatic heterocycles. The lowest BCUT2D eigenvalue weighted by Crippen LogP contribution is -2.40. The molecule has 3 heterocycles. The third-order valence-electron chi connectivity index (χ3n) is 6.06. The Balaban J connectivity index is 1.62. The molecule has 7 nitrogen and oxygen atoms in total. The molecule has 0 aliphatic carbocycles. The second kappa shape index (κ2) is 11.5. The highest BCUT2D eigenvalue weighted by Crippen LogP contribution is 2.35. The molecule has 0 saturated carbocycles. The van der Waals surface area contributed by atoms with Crippen molar-refractivity contribution in [3.8, 4) is 11.3 Å². The topological polar surface area (TPSA) is 83.0 Å². The SMILES string of the molecule is COCCOC(=O)C1=C(C)N=c2s/c(=C\c3ccc(-c4cc(Cl)ccc4Cl)o3)c(=O)n2C1c1ccccc1Cl. The van der Waals surface area contributed by atoms with Crippen LogP contribution in [-0.4, -0.2) is 30.9 Å². The number of carbonyl (C=O) groups excluding carboxylic acids is 1. The number of methoxy groups -OCH3 is 1. The summed E-state index contributed by atoms with van der Waals surface area (Å²) in [7, 11) is 1.52. The van der Waals surface area contributed by atoms with Crippen molar-refractivity contribution in [1.82, 2.24) is 4.57 Å². The molecule has 1 aliphatic rings. The summed E-state index contributed by atoms with van der Waals surface area (Å²) in [4.78, 5) is 32.0. The number of nitrogens with zero attached hydrogens (tertiary/aromatic N) is 2. The first kappa shape index (κ1) is 27.4. The van der Waals surface area contributed by atoms with Gasteiger partial charge in [-0.1, -0.05) is 64.3 Å². The monoisotopic (exact) mass is 602 g/mol. The van der Waals surface area contributed by atoms with Gasteiger partial charge in [0.25, 0.3) is 5.56 Å². The summed E-state index contributed by atoms with van der Waals surface area (Å²) in [5, 5.41) is 1.41. The summed E-state index contributed by atoms with van der Waals surface area (Å²) < 4.78 is 18.2. The quantitative estimate of drug-likeness (QED) is 0.202. The van der Waals surface area contributed by atoms with Crippen molar-refractivity contribution in [2.45, 2.75) is 13.0 Å². The number of esters is 1. The van der Waals surface area contributed by atoms with Crippen LogP contribution in [0.4, 0.5) is 0 Å². The zero-order chi connectivity index (χ0) is 27.7. The van der Waals surface area contributed by atoms with Gasteiger partial charge in [0.2, 0.25) is 0 Å². The molecule has 0 amide bonds. The summed E-state index contributed by atoms with van der Waals surface area (Å²) in [6, 6.07) is 14.8. The molecule has 39 heavy (non-hydrogen) atoms. The van der Waals surface area contributed by atoms with Crippen LogP contribution < -0.4 is 14.9 Å². The molecule has 2 aromatic carbocycles. The molecule has 0 fully saturated rings. The number of aromatic nitrogens is 1. The van der Waals surface area contributed by atoms with Crippen molar-refractivity contribution in [2.75, 3.05) is 20.3 Å². The molecule has 0 radical (unpaired) electrons. The molecule has 5 rings (SSSR count). The van der Waals surface area contributed by atoms with Gasteiger partial charge in [-0.05, 0) is 48.9 Å². The molecule has 1 aliphatic heterocycles. The number of rotatable bonds is 7. The highest BCUT2D eigenvalue weighted by atomic mass is 35.5. The molecule has 200 valence electrons. The number of hydrogen-bond donors (Lipinski definition) is 0. The van der Waals surface area contributed by atoms with Gasteiger partial charge in [-0.15, -0.1) is 0 Å². The Morgan fingerprint density at radius 2 is 1.90 bits per heavy atom. The van der Waals surface area contributed by atoms with Gasteiger partial charge in [0.15, 0.2) is 4.80 Å². The molecular formula is C28H21Cl3N2O5S. The van der Waals surface area contributed by atoms with Crippen LogP contribution in [0.5, 0.6) is 0 Å². The van der Waals surface area contributed by atoms with Crippen LogP contribution in [-0.2, 0) is 14.3 Å². The fraction of sp³-hybridized carbons (Fsp3) is 0.179. The Bertz CT molecular complexity index is 1790. The Morgan fingerprint density at radius 3 is 2.67 bits per heavy atom. The number of thiazole rings is 1. The highest BCUT2D eigenvalue weighted by Gasteiger charge is 2.34. The second-order valence-corrected chi connectivity index (χ2v) is 10.8. The van der Waals surface area contributed by atoms with Crippen LogP contribution in [0, 0.1) is 0 Å². The first-order valence-corrected chi connectivity index (χ1v) is 13.7. The van der Waals surface area contributed by atoms with E-state index in [0.29, 0.717) is 52.7 Å². The van der Waals surface area contributed by atoms with E-state index in [1.165, 1.54) is 23.0 Å². The van der Waals surface area contributed by atoms with Crippen molar-refractivity contribution in [2.24, 2.45) is 4.99 Å². The number of benzene rings is 2. The minimum Gasteiger partial charge on any atom is -0.460 e. The van der Waals surface area contributed by atoms with E-state index in [1.807, 2.05) is 0 Å². The van der Waals surface area contributed by atoms with Gasteiger partial charge >= 0.3 is 5.97 Å². The van der Waals surface area contributed by atoms with Gasteiger partial charge in [0.05, 0.1) is 27.4 Å². The average molecular weight is 604 g/mol. The van der Waals surface area contributed by atoms with Crippen molar-refractivity contribution in [1.29, 1.82) is 0 Å². The number of allylic oxidation sites excluding steroid dienone is 1. The normalized spacial score (nSPS) is 15.3. The number of hydrogen-bond acceptors (Lipinski definition) is 7. The van der Waals surface area contributed by atoms with Crippen molar-refractivity contribution in [3.63, 3.8) is 0 Å². The minimum absolute atomic E-state index is 0.0588. The zero-order valence-electron chi connectivity index (χ0n) is 20.7. The number of ether oxygens (including phenoxy) is 2. The number of carbonyl (C=O) groups is 1. The molecule has 0 bridgehead atoms. The third kappa shape index (κ3) is 5.48. The van der Waals surface area contributed by atoms with E-state index in [9.17, 15) is 9.59 Å². The molecule has 4 aromatic rings. The molecule has 11 heteroatoms. The molecule has 0 saturated heterocycles. The molecular weight excluding hydrogens is 583 g/mol. The maximum atomic E-state index is 13.8. The third-order valence-corrected chi connectivity index (χ3v) is 7.95. The van der Waals surface area contributed by atoms with E-state index in [1.54, 1.807) is 67.6 Å². The van der Waals surface area contributed by atoms with Crippen LogP contribution in [0.1, 0.15) is 24.3 Å². The lowest BCUT2D eigenvalue weighted by Gasteiger charge is -2.25. The van der Waals surface area contributed by atoms with E-state index < -0.39 is 12.0 Å². The van der Waals surface area contributed by atoms with Gasteiger partial charge in [0.1, 0.15) is 24.2 Å². The number of halogens is 3. The van der Waals surface area contributed by atoms with Crippen molar-refractivity contribution < 1.29 is 18.7 Å². The van der Waals surface area contributed by atoms with Gasteiger partial charge in [0, 0.05) is 28.8 Å². The van der Waals surface area contributed by atoms with Crippen molar-refractivity contribution in [3.05, 3.63) is 112 Å². The summed E-state index contributed by atoms with van der Waals surface area (Å²) >= 11 is 20.2. The number of fused-ring (bicyclic) bond motifs is 1. The second-order valence-electron chi connectivity index (χ2n) is 8.56. The molecule has 1 atom stereocenters. The van der Waals surface area contributed by atoms with Gasteiger partial charge in [-0.3, -0.25) is 9.36 Å². The predicted octanol–water partition coefficient (Wildman–Crippen LogP) is 5.65. The molecule has 0 N–H and O–H groups in total. The zero-order valence-corrected chi connectivity index (χ0v) is 23.8. The summed E-state index contributed by atoms with van der Waals surface area (Å²) in [5.41, 5.74) is 1.53. The summed E-state index contributed by atoms with van der Waals surface area (Å²) in [5.74, 6) is 0.351. The Hall–Kier alpha value is -3.14. The smallest absolute Gasteiger partial charge is 0.338 e. The fourth-order valence-corrected chi connectivity index (χ4v) is 5.91. The fourth-order valence-electron chi connectivity index (χ4n) is 4.26. The number of furan rings is 1. The first-order chi connectivity index (χ1) is 18.8. The Kier molecular flexibility index (Phi) is 8.11. The van der Waals surface area contributed by atoms with E-state index in [0.717, 1.165) is 0 Å². The molecule has 0 spiro atoms. The van der Waals surface area contributed by atoms with Gasteiger partial charge < -0.3 is 13.9 Å². The van der Waals surface area contributed by atoms with Crippen LogP contribution in [0.15, 0.2) is 80.1 Å².